The molecule has 5 heteroatoms. The van der Waals surface area contributed by atoms with E-state index in [1.807, 2.05) is 13.8 Å². The van der Waals surface area contributed by atoms with Crippen LogP contribution in [0.4, 0.5) is 0 Å². The summed E-state index contributed by atoms with van der Waals surface area (Å²) in [6.07, 6.45) is 0. The molecule has 0 radical (unpaired) electrons. The van der Waals surface area contributed by atoms with Gasteiger partial charge in [-0.2, -0.15) is 0 Å². The summed E-state index contributed by atoms with van der Waals surface area (Å²) in [6, 6.07) is 3.04. The van der Waals surface area contributed by atoms with Gasteiger partial charge in [0.1, 0.15) is 0 Å². The van der Waals surface area contributed by atoms with E-state index in [1.54, 1.807) is 4.90 Å². The van der Waals surface area contributed by atoms with Gasteiger partial charge in [0, 0.05) is 18.1 Å². The first kappa shape index (κ1) is 13.6. The Morgan fingerprint density at radius 3 is 1.94 bits per heavy atom. The molecule has 1 rings (SSSR count). The highest BCUT2D eigenvalue weighted by Gasteiger charge is 2.19. The molecular weight excluding hydrogens is 268 g/mol. The average molecular weight is 281 g/mol. The molecule has 1 amide bonds. The van der Waals surface area contributed by atoms with E-state index in [4.69, 9.17) is 34.8 Å². The Morgan fingerprint density at radius 2 is 1.56 bits per heavy atom. The first-order valence-corrected chi connectivity index (χ1v) is 6.08. The Morgan fingerprint density at radius 1 is 1.12 bits per heavy atom. The molecule has 0 aliphatic heterocycles. The molecule has 0 aromatic heterocycles. The molecule has 0 aliphatic carbocycles. The molecule has 0 heterocycles. The van der Waals surface area contributed by atoms with Gasteiger partial charge in [-0.3, -0.25) is 4.79 Å². The lowest BCUT2D eigenvalue weighted by Gasteiger charge is -2.20. The lowest BCUT2D eigenvalue weighted by molar-refractivity contribution is 0.0773. The molecule has 2 nitrogen and oxygen atoms in total. The molecular formula is C11H12Cl3NO. The first-order chi connectivity index (χ1) is 7.51. The second-order valence-corrected chi connectivity index (χ2v) is 4.47. The maximum atomic E-state index is 12.1. The topological polar surface area (TPSA) is 20.3 Å². The van der Waals surface area contributed by atoms with Gasteiger partial charge in [0.25, 0.3) is 5.91 Å². The predicted octanol–water partition coefficient (Wildman–Crippen LogP) is 4.13. The Bertz CT molecular complexity index is 379. The molecule has 0 bridgehead atoms. The molecule has 0 saturated carbocycles. The van der Waals surface area contributed by atoms with E-state index in [-0.39, 0.29) is 16.0 Å². The van der Waals surface area contributed by atoms with Crippen LogP contribution in [0.5, 0.6) is 0 Å². The van der Waals surface area contributed by atoms with Crippen molar-refractivity contribution in [3.8, 4) is 0 Å². The lowest BCUT2D eigenvalue weighted by atomic mass is 10.2. The third-order valence-corrected chi connectivity index (χ3v) is 3.09. The van der Waals surface area contributed by atoms with Gasteiger partial charge in [-0.05, 0) is 26.0 Å². The fraction of sp³-hybridized carbons (Fsp3) is 0.364. The Labute approximate surface area is 110 Å². The first-order valence-electron chi connectivity index (χ1n) is 4.95. The zero-order chi connectivity index (χ0) is 12.3. The fourth-order valence-corrected chi connectivity index (χ4v) is 2.39. The zero-order valence-corrected chi connectivity index (χ0v) is 11.3. The van der Waals surface area contributed by atoms with Gasteiger partial charge < -0.3 is 4.90 Å². The highest BCUT2D eigenvalue weighted by Crippen LogP contribution is 2.29. The van der Waals surface area contributed by atoms with E-state index in [2.05, 4.69) is 0 Å². The number of rotatable bonds is 3. The largest absolute Gasteiger partial charge is 0.339 e. The highest BCUT2D eigenvalue weighted by atomic mass is 35.5. The van der Waals surface area contributed by atoms with Gasteiger partial charge in [0.05, 0.1) is 15.6 Å². The number of benzene rings is 1. The number of amides is 1. The van der Waals surface area contributed by atoms with Crippen LogP contribution in [0.1, 0.15) is 24.2 Å². The molecule has 0 N–H and O–H groups in total. The Hall–Kier alpha value is -0.440. The van der Waals surface area contributed by atoms with Crippen molar-refractivity contribution in [2.24, 2.45) is 0 Å². The van der Waals surface area contributed by atoms with E-state index >= 15 is 0 Å². The van der Waals surface area contributed by atoms with Crippen LogP contribution < -0.4 is 0 Å². The van der Waals surface area contributed by atoms with Crippen LogP contribution in [0.15, 0.2) is 12.1 Å². The SMILES string of the molecule is CCN(CC)C(=O)c1c(Cl)cc(Cl)cc1Cl. The summed E-state index contributed by atoms with van der Waals surface area (Å²) < 4.78 is 0. The third kappa shape index (κ3) is 2.82. The van der Waals surface area contributed by atoms with Crippen LogP contribution >= 0.6 is 34.8 Å². The van der Waals surface area contributed by atoms with Gasteiger partial charge in [0.15, 0.2) is 0 Å². The van der Waals surface area contributed by atoms with E-state index in [1.165, 1.54) is 12.1 Å². The van der Waals surface area contributed by atoms with Gasteiger partial charge in [-0.15, -0.1) is 0 Å². The minimum absolute atomic E-state index is 0.170. The van der Waals surface area contributed by atoms with Crippen LogP contribution in [0.2, 0.25) is 15.1 Å². The summed E-state index contributed by atoms with van der Waals surface area (Å²) in [5.74, 6) is -0.170. The molecule has 1 aromatic carbocycles. The zero-order valence-electron chi connectivity index (χ0n) is 9.06. The molecule has 0 saturated heterocycles. The predicted molar refractivity (Wildman–Crippen MR) is 68.7 cm³/mol. The summed E-state index contributed by atoms with van der Waals surface area (Å²) in [5, 5.41) is 0.995. The molecule has 16 heavy (non-hydrogen) atoms. The van der Waals surface area contributed by atoms with Gasteiger partial charge in [-0.25, -0.2) is 0 Å². The Balaban J connectivity index is 3.18. The normalized spacial score (nSPS) is 10.3. The van der Waals surface area contributed by atoms with Gasteiger partial charge in [0.2, 0.25) is 0 Å². The summed E-state index contributed by atoms with van der Waals surface area (Å²) in [6.45, 7) is 5.04. The average Bonchev–Trinajstić information content (AvgIpc) is 2.17. The maximum absolute atomic E-state index is 12.1. The molecule has 0 unspecified atom stereocenters. The second kappa shape index (κ2) is 5.76. The molecule has 0 spiro atoms. The van der Waals surface area contributed by atoms with Crippen molar-refractivity contribution >= 4 is 40.7 Å². The summed E-state index contributed by atoms with van der Waals surface area (Å²) in [5.41, 5.74) is 0.316. The third-order valence-electron chi connectivity index (χ3n) is 2.27. The molecule has 1 aromatic rings. The monoisotopic (exact) mass is 279 g/mol. The molecule has 88 valence electrons. The van der Waals surface area contributed by atoms with E-state index < -0.39 is 0 Å². The molecule has 0 aliphatic rings. The van der Waals surface area contributed by atoms with Crippen molar-refractivity contribution < 1.29 is 4.79 Å². The minimum Gasteiger partial charge on any atom is -0.339 e. The van der Waals surface area contributed by atoms with E-state index in [0.29, 0.717) is 23.7 Å². The quantitative estimate of drug-likeness (QED) is 0.815. The van der Waals surface area contributed by atoms with Gasteiger partial charge >= 0.3 is 0 Å². The van der Waals surface area contributed by atoms with Crippen LogP contribution in [-0.2, 0) is 0 Å². The minimum atomic E-state index is -0.170. The van der Waals surface area contributed by atoms with Crippen LogP contribution in [-0.4, -0.2) is 23.9 Å². The fourth-order valence-electron chi connectivity index (χ4n) is 1.42. The van der Waals surface area contributed by atoms with Crippen LogP contribution in [0.25, 0.3) is 0 Å². The van der Waals surface area contributed by atoms with Crippen molar-refractivity contribution in [2.45, 2.75) is 13.8 Å². The van der Waals surface area contributed by atoms with Crippen molar-refractivity contribution in [1.29, 1.82) is 0 Å². The number of nitrogens with zero attached hydrogens (tertiary/aromatic N) is 1. The van der Waals surface area contributed by atoms with E-state index in [9.17, 15) is 4.79 Å². The molecule has 0 fully saturated rings. The summed E-state index contributed by atoms with van der Waals surface area (Å²) >= 11 is 17.7. The summed E-state index contributed by atoms with van der Waals surface area (Å²) in [4.78, 5) is 13.7. The number of hydrogen-bond donors (Lipinski definition) is 0. The molecule has 0 atom stereocenters. The van der Waals surface area contributed by atoms with Crippen LogP contribution in [0, 0.1) is 0 Å². The van der Waals surface area contributed by atoms with E-state index in [0.717, 1.165) is 0 Å². The van der Waals surface area contributed by atoms with Crippen molar-refractivity contribution in [3.63, 3.8) is 0 Å². The number of carbonyl (C=O) groups excluding carboxylic acids is 1. The lowest BCUT2D eigenvalue weighted by Crippen LogP contribution is -2.30. The number of halogens is 3. The van der Waals surface area contributed by atoms with Crippen molar-refractivity contribution in [2.75, 3.05) is 13.1 Å². The van der Waals surface area contributed by atoms with Crippen molar-refractivity contribution in [1.82, 2.24) is 4.90 Å². The van der Waals surface area contributed by atoms with Gasteiger partial charge in [-0.1, -0.05) is 34.8 Å². The van der Waals surface area contributed by atoms with Crippen LogP contribution in [0.3, 0.4) is 0 Å². The maximum Gasteiger partial charge on any atom is 0.256 e. The highest BCUT2D eigenvalue weighted by molar-refractivity contribution is 6.42. The second-order valence-electron chi connectivity index (χ2n) is 3.22. The summed E-state index contributed by atoms with van der Waals surface area (Å²) in [7, 11) is 0. The van der Waals surface area contributed by atoms with Crippen molar-refractivity contribution in [3.05, 3.63) is 32.8 Å². The number of carbonyl (C=O) groups is 1. The smallest absolute Gasteiger partial charge is 0.256 e. The standard InChI is InChI=1S/C11H12Cl3NO/c1-3-15(4-2)11(16)10-8(13)5-7(12)6-9(10)14/h5-6H,3-4H2,1-2H3. The Kier molecular flexibility index (Phi) is 4.90. The number of hydrogen-bond acceptors (Lipinski definition) is 1.